The molecule has 0 bridgehead atoms. The van der Waals surface area contributed by atoms with Gasteiger partial charge in [0.1, 0.15) is 6.61 Å². The van der Waals surface area contributed by atoms with Crippen LogP contribution in [0, 0.1) is 5.92 Å². The van der Waals surface area contributed by atoms with Gasteiger partial charge in [0.15, 0.2) is 0 Å². The van der Waals surface area contributed by atoms with Crippen molar-refractivity contribution in [3.05, 3.63) is 40.2 Å². The summed E-state index contributed by atoms with van der Waals surface area (Å²) in [5.41, 5.74) is 1.88. The first-order chi connectivity index (χ1) is 15.0. The maximum atomic E-state index is 13.1. The molecule has 2 heterocycles. The number of piperazine rings is 1. The molecule has 2 N–H and O–H groups in total. The summed E-state index contributed by atoms with van der Waals surface area (Å²) < 4.78 is 10.5. The third-order valence-electron chi connectivity index (χ3n) is 6.29. The number of aromatic nitrogens is 2. The maximum Gasteiger partial charge on any atom is 0.315 e. The van der Waals surface area contributed by atoms with Crippen LogP contribution in [0.1, 0.15) is 43.2 Å². The number of hydrogen-bond donors (Lipinski definition) is 2. The predicted molar refractivity (Wildman–Crippen MR) is 118 cm³/mol. The minimum atomic E-state index is -0.305. The Balaban J connectivity index is 1.50. The summed E-state index contributed by atoms with van der Waals surface area (Å²) >= 11 is 6.34. The highest BCUT2D eigenvalue weighted by Crippen LogP contribution is 2.33. The Hall–Kier alpha value is -2.16. The van der Waals surface area contributed by atoms with Crippen LogP contribution in [0.4, 0.5) is 6.01 Å². The summed E-state index contributed by atoms with van der Waals surface area (Å²) in [6.45, 7) is 5.29. The number of rotatable bonds is 8. The van der Waals surface area contributed by atoms with Gasteiger partial charge in [0.05, 0.1) is 5.54 Å². The number of hydrogen-bond acceptors (Lipinski definition) is 7. The largest absolute Gasteiger partial charge is 0.406 e. The lowest BCUT2D eigenvalue weighted by atomic mass is 9.81. The Labute approximate surface area is 187 Å². The van der Waals surface area contributed by atoms with Gasteiger partial charge < -0.3 is 24.7 Å². The Morgan fingerprint density at radius 1 is 1.39 bits per heavy atom. The van der Waals surface area contributed by atoms with E-state index in [-0.39, 0.29) is 18.1 Å². The van der Waals surface area contributed by atoms with Crippen LogP contribution in [-0.2, 0) is 29.1 Å². The van der Waals surface area contributed by atoms with Crippen molar-refractivity contribution in [1.29, 1.82) is 0 Å². The molecule has 1 saturated carbocycles. The fourth-order valence-corrected chi connectivity index (χ4v) is 4.54. The SMILES string of the molecule is COCc1nnc(NCc2ccc(Cl)cc2C[C@@]2(C)CNCCN2C(=O)C2CCC2)o1. The minimum absolute atomic E-state index is 0.191. The van der Waals surface area contributed by atoms with Gasteiger partial charge in [-0.3, -0.25) is 4.79 Å². The topological polar surface area (TPSA) is 92.5 Å². The van der Waals surface area contributed by atoms with Gasteiger partial charge in [0, 0.05) is 44.2 Å². The number of nitrogens with zero attached hydrogens (tertiary/aromatic N) is 3. The lowest BCUT2D eigenvalue weighted by Crippen LogP contribution is -2.64. The van der Waals surface area contributed by atoms with Gasteiger partial charge >= 0.3 is 6.01 Å². The number of carbonyl (C=O) groups excluding carboxylic acids is 1. The van der Waals surface area contributed by atoms with Gasteiger partial charge in [0.2, 0.25) is 11.8 Å². The van der Waals surface area contributed by atoms with E-state index in [9.17, 15) is 4.79 Å². The molecule has 1 saturated heterocycles. The number of amides is 1. The lowest BCUT2D eigenvalue weighted by Gasteiger charge is -2.48. The molecule has 31 heavy (non-hydrogen) atoms. The zero-order valence-electron chi connectivity index (χ0n) is 18.1. The molecule has 2 aliphatic rings. The molecule has 1 atom stereocenters. The quantitative estimate of drug-likeness (QED) is 0.642. The molecule has 0 radical (unpaired) electrons. The average molecular weight is 448 g/mol. The van der Waals surface area contributed by atoms with Crippen molar-refractivity contribution < 1.29 is 13.9 Å². The van der Waals surface area contributed by atoms with Crippen LogP contribution in [0.2, 0.25) is 5.02 Å². The van der Waals surface area contributed by atoms with Crippen LogP contribution in [0.25, 0.3) is 0 Å². The van der Waals surface area contributed by atoms with Crippen LogP contribution in [0.5, 0.6) is 0 Å². The highest BCUT2D eigenvalue weighted by molar-refractivity contribution is 6.30. The van der Waals surface area contributed by atoms with Crippen molar-refractivity contribution in [2.45, 2.75) is 51.3 Å². The van der Waals surface area contributed by atoms with Gasteiger partial charge in [-0.25, -0.2) is 0 Å². The van der Waals surface area contributed by atoms with Crippen molar-refractivity contribution in [3.63, 3.8) is 0 Å². The number of nitrogens with one attached hydrogen (secondary N) is 2. The summed E-state index contributed by atoms with van der Waals surface area (Å²) in [6, 6.07) is 6.23. The molecule has 0 spiro atoms. The van der Waals surface area contributed by atoms with E-state index in [1.807, 2.05) is 18.2 Å². The molecule has 2 aromatic rings. The molecule has 8 nitrogen and oxygen atoms in total. The third kappa shape index (κ3) is 5.02. The fourth-order valence-electron chi connectivity index (χ4n) is 4.34. The van der Waals surface area contributed by atoms with E-state index in [0.29, 0.717) is 29.4 Å². The molecule has 2 fully saturated rings. The number of methoxy groups -OCH3 is 1. The normalized spacial score (nSPS) is 21.7. The number of anilines is 1. The lowest BCUT2D eigenvalue weighted by molar-refractivity contribution is -0.145. The fraction of sp³-hybridized carbons (Fsp3) is 0.591. The second-order valence-corrected chi connectivity index (χ2v) is 9.11. The molecule has 4 rings (SSSR count). The first-order valence-corrected chi connectivity index (χ1v) is 11.2. The molecule has 1 aliphatic heterocycles. The molecule has 1 aromatic carbocycles. The van der Waals surface area contributed by atoms with E-state index in [2.05, 4.69) is 32.7 Å². The number of carbonyl (C=O) groups is 1. The first-order valence-electron chi connectivity index (χ1n) is 10.8. The third-order valence-corrected chi connectivity index (χ3v) is 6.53. The molecular formula is C22H30ClN5O3. The smallest absolute Gasteiger partial charge is 0.315 e. The van der Waals surface area contributed by atoms with Gasteiger partial charge in [-0.1, -0.05) is 29.2 Å². The van der Waals surface area contributed by atoms with E-state index in [4.69, 9.17) is 20.8 Å². The van der Waals surface area contributed by atoms with Crippen LogP contribution in [0.15, 0.2) is 22.6 Å². The summed E-state index contributed by atoms with van der Waals surface area (Å²) in [6.07, 6.45) is 3.90. The van der Waals surface area contributed by atoms with Crippen LogP contribution < -0.4 is 10.6 Å². The standard InChI is InChI=1S/C22H30ClN5O3/c1-22(14-24-8-9-28(22)20(29)15-4-3-5-15)11-17-10-18(23)7-6-16(17)12-25-21-27-26-19(31-21)13-30-2/h6-7,10,15,24H,3-5,8-9,11-14H2,1-2H3,(H,25,27)/t22-/m0/s1. The number of ether oxygens (including phenoxy) is 1. The Morgan fingerprint density at radius 2 is 2.23 bits per heavy atom. The van der Waals surface area contributed by atoms with Crippen LogP contribution in [0.3, 0.4) is 0 Å². The Bertz CT molecular complexity index is 916. The van der Waals surface area contributed by atoms with Gasteiger partial charge in [-0.2, -0.15) is 0 Å². The van der Waals surface area contributed by atoms with Gasteiger partial charge in [0.25, 0.3) is 0 Å². The summed E-state index contributed by atoms with van der Waals surface area (Å²) in [4.78, 5) is 15.2. The maximum absolute atomic E-state index is 13.1. The number of halogens is 1. The number of benzene rings is 1. The van der Waals surface area contributed by atoms with Crippen molar-refractivity contribution >= 4 is 23.5 Å². The zero-order chi connectivity index (χ0) is 21.8. The molecule has 9 heteroatoms. The van der Waals surface area contributed by atoms with Gasteiger partial charge in [-0.15, -0.1) is 5.10 Å². The highest BCUT2D eigenvalue weighted by atomic mass is 35.5. The van der Waals surface area contributed by atoms with E-state index in [1.54, 1.807) is 7.11 Å². The molecule has 1 aromatic heterocycles. The van der Waals surface area contributed by atoms with Crippen molar-refractivity contribution in [2.24, 2.45) is 5.92 Å². The van der Waals surface area contributed by atoms with E-state index < -0.39 is 0 Å². The summed E-state index contributed by atoms with van der Waals surface area (Å²) in [7, 11) is 1.58. The van der Waals surface area contributed by atoms with Crippen molar-refractivity contribution in [1.82, 2.24) is 20.4 Å². The van der Waals surface area contributed by atoms with E-state index in [1.165, 1.54) is 0 Å². The Morgan fingerprint density at radius 3 is 2.97 bits per heavy atom. The van der Waals surface area contributed by atoms with Crippen LogP contribution >= 0.6 is 11.6 Å². The van der Waals surface area contributed by atoms with Gasteiger partial charge in [-0.05, 0) is 49.4 Å². The summed E-state index contributed by atoms with van der Waals surface area (Å²) in [5, 5.41) is 15.3. The molecular weight excluding hydrogens is 418 g/mol. The molecule has 0 unspecified atom stereocenters. The average Bonchev–Trinajstić information content (AvgIpc) is 3.14. The molecule has 168 valence electrons. The van der Waals surface area contributed by atoms with Crippen molar-refractivity contribution in [2.75, 3.05) is 32.1 Å². The molecule has 1 aliphatic carbocycles. The summed E-state index contributed by atoms with van der Waals surface area (Å²) in [5.74, 6) is 0.914. The van der Waals surface area contributed by atoms with Crippen LogP contribution in [-0.4, -0.2) is 53.3 Å². The monoisotopic (exact) mass is 447 g/mol. The zero-order valence-corrected chi connectivity index (χ0v) is 18.9. The Kier molecular flexibility index (Phi) is 6.79. The second-order valence-electron chi connectivity index (χ2n) is 8.67. The minimum Gasteiger partial charge on any atom is -0.406 e. The van der Waals surface area contributed by atoms with E-state index in [0.717, 1.165) is 56.4 Å². The predicted octanol–water partition coefficient (Wildman–Crippen LogP) is 3.01. The van der Waals surface area contributed by atoms with Crippen molar-refractivity contribution in [3.8, 4) is 0 Å². The van der Waals surface area contributed by atoms with E-state index >= 15 is 0 Å². The molecule has 1 amide bonds. The first kappa shape index (κ1) is 22.0. The second kappa shape index (κ2) is 9.54. The highest BCUT2D eigenvalue weighted by Gasteiger charge is 2.41.